The van der Waals surface area contributed by atoms with Crippen molar-refractivity contribution in [3.63, 3.8) is 0 Å². The lowest BCUT2D eigenvalue weighted by Gasteiger charge is -2.26. The number of nitrogens with one attached hydrogen (secondary N) is 1. The van der Waals surface area contributed by atoms with E-state index in [0.29, 0.717) is 35.7 Å². The monoisotopic (exact) mass is 534 g/mol. The Morgan fingerprint density at radius 1 is 1.11 bits per heavy atom. The van der Waals surface area contributed by atoms with Crippen LogP contribution in [0.25, 0.3) is 11.4 Å². The zero-order chi connectivity index (χ0) is 25.7. The maximum Gasteiger partial charge on any atom is 0.243 e. The van der Waals surface area contributed by atoms with Crippen molar-refractivity contribution in [2.45, 2.75) is 10.1 Å². The molecule has 0 spiro atoms. The number of sulfonamides is 1. The van der Waals surface area contributed by atoms with Gasteiger partial charge in [0, 0.05) is 18.7 Å². The number of carbonyl (C=O) groups is 1. The van der Waals surface area contributed by atoms with E-state index in [1.807, 2.05) is 0 Å². The Morgan fingerprint density at radius 3 is 2.50 bits per heavy atom. The predicted octanol–water partition coefficient (Wildman–Crippen LogP) is 1.43. The van der Waals surface area contributed by atoms with Crippen LogP contribution in [0.2, 0.25) is 0 Å². The van der Waals surface area contributed by atoms with Gasteiger partial charge in [-0.15, -0.1) is 10.2 Å². The first-order chi connectivity index (χ1) is 17.3. The van der Waals surface area contributed by atoms with Crippen molar-refractivity contribution >= 4 is 33.4 Å². The van der Waals surface area contributed by atoms with E-state index in [0.717, 1.165) is 17.3 Å². The fraction of sp³-hybridized carbons (Fsp3) is 0.318. The molecule has 1 aromatic heterocycles. The number of carbonyl (C=O) groups excluding carboxylic acids is 1. The van der Waals surface area contributed by atoms with Gasteiger partial charge in [0.05, 0.1) is 43.8 Å². The van der Waals surface area contributed by atoms with Gasteiger partial charge < -0.3 is 25.4 Å². The number of amides is 1. The first-order valence-electron chi connectivity index (χ1n) is 10.9. The molecule has 0 bridgehead atoms. The SMILES string of the molecule is COc1ccc(-c2nnc(SCC(=O)Nc3cc(S(=O)(=O)N4CCOCC4)ccc3OC)n2N)cc1. The number of methoxy groups -OCH3 is 2. The number of hydrogen-bond acceptors (Lipinski definition) is 10. The van der Waals surface area contributed by atoms with E-state index in [2.05, 4.69) is 15.5 Å². The van der Waals surface area contributed by atoms with Crippen LogP contribution < -0.4 is 20.6 Å². The third-order valence-corrected chi connectivity index (χ3v) is 8.24. The topological polar surface area (TPSA) is 151 Å². The van der Waals surface area contributed by atoms with Crippen LogP contribution in [0.3, 0.4) is 0 Å². The summed E-state index contributed by atoms with van der Waals surface area (Å²) in [5, 5.41) is 11.2. The van der Waals surface area contributed by atoms with Gasteiger partial charge in [0.2, 0.25) is 21.1 Å². The van der Waals surface area contributed by atoms with Gasteiger partial charge >= 0.3 is 0 Å². The zero-order valence-corrected chi connectivity index (χ0v) is 21.3. The fourth-order valence-electron chi connectivity index (χ4n) is 3.51. The standard InChI is InChI=1S/C22H26N6O6S2/c1-32-16-5-3-15(4-6-16)21-25-26-22(28(21)23)35-14-20(29)24-18-13-17(7-8-19(18)33-2)36(30,31)27-9-11-34-12-10-27/h3-8,13H,9-12,14,23H2,1-2H3,(H,24,29). The summed E-state index contributed by atoms with van der Waals surface area (Å²) in [6.45, 7) is 1.21. The smallest absolute Gasteiger partial charge is 0.243 e. The minimum atomic E-state index is -3.74. The van der Waals surface area contributed by atoms with Gasteiger partial charge in [-0.25, -0.2) is 13.1 Å². The molecular formula is C22H26N6O6S2. The summed E-state index contributed by atoms with van der Waals surface area (Å²) in [6.07, 6.45) is 0. The molecule has 36 heavy (non-hydrogen) atoms. The number of hydrogen-bond donors (Lipinski definition) is 2. The van der Waals surface area contributed by atoms with E-state index in [1.165, 1.54) is 34.3 Å². The number of aromatic nitrogens is 3. The van der Waals surface area contributed by atoms with Crippen LogP contribution in [0.5, 0.6) is 11.5 Å². The van der Waals surface area contributed by atoms with Crippen molar-refractivity contribution in [3.8, 4) is 22.9 Å². The molecule has 2 heterocycles. The van der Waals surface area contributed by atoms with Gasteiger partial charge in [0.25, 0.3) is 0 Å². The van der Waals surface area contributed by atoms with Gasteiger partial charge in [-0.2, -0.15) is 4.31 Å². The Bertz CT molecular complexity index is 1320. The number of thioether (sulfide) groups is 1. The normalized spacial score (nSPS) is 14.4. The number of morpholine rings is 1. The van der Waals surface area contributed by atoms with Crippen LogP contribution in [0.15, 0.2) is 52.5 Å². The highest BCUT2D eigenvalue weighted by atomic mass is 32.2. The van der Waals surface area contributed by atoms with Gasteiger partial charge in [-0.1, -0.05) is 11.8 Å². The molecule has 1 fully saturated rings. The highest BCUT2D eigenvalue weighted by Gasteiger charge is 2.27. The highest BCUT2D eigenvalue weighted by Crippen LogP contribution is 2.30. The molecule has 14 heteroatoms. The van der Waals surface area contributed by atoms with Crippen LogP contribution in [0.4, 0.5) is 5.69 Å². The fourth-order valence-corrected chi connectivity index (χ4v) is 5.60. The molecule has 1 aliphatic rings. The Balaban J connectivity index is 1.44. The van der Waals surface area contributed by atoms with E-state index in [9.17, 15) is 13.2 Å². The maximum absolute atomic E-state index is 13.0. The summed E-state index contributed by atoms with van der Waals surface area (Å²) in [6, 6.07) is 11.5. The molecule has 3 N–H and O–H groups in total. The molecule has 0 atom stereocenters. The Hall–Kier alpha value is -3.33. The molecule has 0 radical (unpaired) electrons. The quantitative estimate of drug-likeness (QED) is 0.305. The zero-order valence-electron chi connectivity index (χ0n) is 19.7. The minimum Gasteiger partial charge on any atom is -0.497 e. The maximum atomic E-state index is 13.0. The van der Waals surface area contributed by atoms with E-state index in [1.54, 1.807) is 31.4 Å². The first kappa shape index (κ1) is 25.8. The third-order valence-electron chi connectivity index (χ3n) is 5.40. The summed E-state index contributed by atoms with van der Waals surface area (Å²) >= 11 is 1.09. The van der Waals surface area contributed by atoms with Gasteiger partial charge in [-0.3, -0.25) is 4.79 Å². The number of anilines is 1. The van der Waals surface area contributed by atoms with Crippen LogP contribution in [-0.4, -0.2) is 79.8 Å². The molecule has 12 nitrogen and oxygen atoms in total. The average Bonchev–Trinajstić information content (AvgIpc) is 3.28. The van der Waals surface area contributed by atoms with E-state index in [4.69, 9.17) is 20.1 Å². The molecule has 1 saturated heterocycles. The molecule has 1 amide bonds. The summed E-state index contributed by atoms with van der Waals surface area (Å²) in [7, 11) is -0.723. The predicted molar refractivity (Wildman–Crippen MR) is 134 cm³/mol. The van der Waals surface area contributed by atoms with Crippen molar-refractivity contribution in [3.05, 3.63) is 42.5 Å². The van der Waals surface area contributed by atoms with Crippen LogP contribution in [0.1, 0.15) is 0 Å². The van der Waals surface area contributed by atoms with E-state index >= 15 is 0 Å². The van der Waals surface area contributed by atoms with Crippen LogP contribution in [0, 0.1) is 0 Å². The van der Waals surface area contributed by atoms with Gasteiger partial charge in [-0.05, 0) is 42.5 Å². The third kappa shape index (κ3) is 5.56. The van der Waals surface area contributed by atoms with Crippen molar-refractivity contribution < 1.29 is 27.4 Å². The minimum absolute atomic E-state index is 0.0401. The molecular weight excluding hydrogens is 508 g/mol. The van der Waals surface area contributed by atoms with Crippen molar-refractivity contribution in [1.29, 1.82) is 0 Å². The lowest BCUT2D eigenvalue weighted by atomic mass is 10.2. The number of rotatable bonds is 9. The largest absolute Gasteiger partial charge is 0.497 e. The number of nitrogens with zero attached hydrogens (tertiary/aromatic N) is 4. The van der Waals surface area contributed by atoms with E-state index in [-0.39, 0.29) is 29.4 Å². The molecule has 2 aromatic carbocycles. The second kappa shape index (κ2) is 11.2. The molecule has 0 aliphatic carbocycles. The first-order valence-corrected chi connectivity index (χ1v) is 13.3. The lowest BCUT2D eigenvalue weighted by molar-refractivity contribution is -0.113. The number of nitrogens with two attached hydrogens (primary N) is 1. The lowest BCUT2D eigenvalue weighted by Crippen LogP contribution is -2.40. The number of nitrogen functional groups attached to an aromatic ring is 1. The van der Waals surface area contributed by atoms with Gasteiger partial charge in [0.1, 0.15) is 11.5 Å². The van der Waals surface area contributed by atoms with Crippen molar-refractivity contribution in [2.75, 3.05) is 57.4 Å². The molecule has 4 rings (SSSR count). The number of benzene rings is 2. The van der Waals surface area contributed by atoms with Crippen molar-refractivity contribution in [1.82, 2.24) is 19.2 Å². The average molecular weight is 535 g/mol. The van der Waals surface area contributed by atoms with E-state index < -0.39 is 15.9 Å². The summed E-state index contributed by atoms with van der Waals surface area (Å²) < 4.78 is 44.4. The van der Waals surface area contributed by atoms with Crippen LogP contribution in [-0.2, 0) is 19.6 Å². The summed E-state index contributed by atoms with van der Waals surface area (Å²) in [5.74, 6) is 7.17. The Morgan fingerprint density at radius 2 is 1.83 bits per heavy atom. The van der Waals surface area contributed by atoms with Gasteiger partial charge in [0.15, 0.2) is 5.82 Å². The number of ether oxygens (including phenoxy) is 3. The van der Waals surface area contributed by atoms with Crippen LogP contribution >= 0.6 is 11.8 Å². The molecule has 0 saturated carbocycles. The second-order valence-corrected chi connectivity index (χ2v) is 10.5. The molecule has 0 unspecified atom stereocenters. The highest BCUT2D eigenvalue weighted by molar-refractivity contribution is 7.99. The Labute approximate surface area is 212 Å². The van der Waals surface area contributed by atoms with Crippen molar-refractivity contribution in [2.24, 2.45) is 0 Å². The molecule has 1 aliphatic heterocycles. The summed E-state index contributed by atoms with van der Waals surface area (Å²) in [4.78, 5) is 12.8. The second-order valence-electron chi connectivity index (χ2n) is 7.62. The Kier molecular flexibility index (Phi) is 7.98. The molecule has 3 aromatic rings. The summed E-state index contributed by atoms with van der Waals surface area (Å²) in [5.41, 5.74) is 0.982. The molecule has 192 valence electrons.